The minimum atomic E-state index is -0.182. The average molecular weight is 378 g/mol. The highest BCUT2D eigenvalue weighted by atomic mass is 35.5. The van der Waals surface area contributed by atoms with Crippen LogP contribution < -0.4 is 10.1 Å². The summed E-state index contributed by atoms with van der Waals surface area (Å²) in [6.07, 6.45) is 2.56. The van der Waals surface area contributed by atoms with E-state index in [1.165, 1.54) is 0 Å². The van der Waals surface area contributed by atoms with Crippen LogP contribution in [0.25, 0.3) is 0 Å². The summed E-state index contributed by atoms with van der Waals surface area (Å²) in [7, 11) is 0. The van der Waals surface area contributed by atoms with Crippen LogP contribution in [-0.2, 0) is 16.0 Å². The van der Waals surface area contributed by atoms with E-state index in [1.54, 1.807) is 0 Å². The van der Waals surface area contributed by atoms with Gasteiger partial charge in [-0.15, -0.1) is 0 Å². The molecular weight excluding hydrogens is 354 g/mol. The third-order valence-corrected chi connectivity index (χ3v) is 5.79. The van der Waals surface area contributed by atoms with E-state index in [2.05, 4.69) is 5.32 Å². The van der Waals surface area contributed by atoms with Crippen LogP contribution in [0, 0.1) is 5.92 Å². The van der Waals surface area contributed by atoms with E-state index >= 15 is 0 Å². The van der Waals surface area contributed by atoms with Crippen molar-refractivity contribution in [2.45, 2.75) is 25.3 Å². The second-order valence-electron chi connectivity index (χ2n) is 7.31. The van der Waals surface area contributed by atoms with Gasteiger partial charge in [0.2, 0.25) is 11.8 Å². The average Bonchev–Trinajstić information content (AvgIpc) is 2.67. The summed E-state index contributed by atoms with van der Waals surface area (Å²) in [5, 5.41) is 3.77. The van der Waals surface area contributed by atoms with Crippen LogP contribution in [0.5, 0.6) is 5.75 Å². The van der Waals surface area contributed by atoms with E-state index < -0.39 is 0 Å². The molecule has 2 fully saturated rings. The molecule has 1 aromatic rings. The Hall–Kier alpha value is -1.79. The summed E-state index contributed by atoms with van der Waals surface area (Å²) < 4.78 is 5.78. The molecule has 2 atom stereocenters. The Balaban J connectivity index is 1.42. The Morgan fingerprint density at radius 2 is 2.19 bits per heavy atom. The van der Waals surface area contributed by atoms with Crippen LogP contribution >= 0.6 is 11.6 Å². The largest absolute Gasteiger partial charge is 0.492 e. The molecule has 2 unspecified atom stereocenters. The third-order valence-electron chi connectivity index (χ3n) is 5.55. The molecule has 3 heterocycles. The molecule has 2 amide bonds. The number of piperidine rings is 1. The number of amides is 2. The lowest BCUT2D eigenvalue weighted by Gasteiger charge is -2.42. The topological polar surface area (TPSA) is 61.9 Å². The lowest BCUT2D eigenvalue weighted by atomic mass is 9.94. The molecule has 0 saturated carbocycles. The Morgan fingerprint density at radius 1 is 1.31 bits per heavy atom. The number of halogens is 1. The number of likely N-dealkylation sites (tertiary alicyclic amines) is 1. The molecule has 6 nitrogen and oxygen atoms in total. The van der Waals surface area contributed by atoms with E-state index in [0.717, 1.165) is 43.8 Å². The lowest BCUT2D eigenvalue weighted by Crippen LogP contribution is -2.58. The smallest absolute Gasteiger partial charge is 0.236 e. The van der Waals surface area contributed by atoms with Crippen LogP contribution in [0.2, 0.25) is 5.02 Å². The van der Waals surface area contributed by atoms with Crippen LogP contribution in [0.15, 0.2) is 18.2 Å². The zero-order valence-electron chi connectivity index (χ0n) is 14.7. The van der Waals surface area contributed by atoms with Crippen molar-refractivity contribution in [3.63, 3.8) is 0 Å². The second kappa shape index (κ2) is 7.45. The van der Waals surface area contributed by atoms with E-state index in [4.69, 9.17) is 16.3 Å². The number of carbonyl (C=O) groups excluding carboxylic acids is 2. The van der Waals surface area contributed by atoms with Crippen LogP contribution in [-0.4, -0.2) is 67.0 Å². The first-order chi connectivity index (χ1) is 12.6. The lowest BCUT2D eigenvalue weighted by molar-refractivity contribution is -0.143. The number of nitrogens with one attached hydrogen (secondary N) is 1. The maximum Gasteiger partial charge on any atom is 0.236 e. The van der Waals surface area contributed by atoms with Gasteiger partial charge in [0, 0.05) is 37.2 Å². The zero-order chi connectivity index (χ0) is 18.1. The van der Waals surface area contributed by atoms with Gasteiger partial charge in [-0.2, -0.15) is 0 Å². The molecular formula is C19H24ClN3O3. The van der Waals surface area contributed by atoms with Crippen LogP contribution in [0.1, 0.15) is 18.4 Å². The molecule has 1 N–H and O–H groups in total. The maximum absolute atomic E-state index is 13.1. The van der Waals surface area contributed by atoms with Gasteiger partial charge in [0.1, 0.15) is 12.4 Å². The SMILES string of the molecule is O=C(C1COc2ccc(Cl)cc2C1)N1CCCC(N2CCNCC2=O)C1. The van der Waals surface area contributed by atoms with Gasteiger partial charge in [-0.05, 0) is 43.0 Å². The third kappa shape index (κ3) is 3.53. The molecule has 140 valence electrons. The molecule has 26 heavy (non-hydrogen) atoms. The fourth-order valence-electron chi connectivity index (χ4n) is 4.20. The number of carbonyl (C=O) groups is 2. The van der Waals surface area contributed by atoms with Gasteiger partial charge in [-0.1, -0.05) is 11.6 Å². The Kier molecular flexibility index (Phi) is 5.05. The molecule has 4 rings (SSSR count). The Labute approximate surface area is 158 Å². The summed E-state index contributed by atoms with van der Waals surface area (Å²) in [4.78, 5) is 29.1. The fraction of sp³-hybridized carbons (Fsp3) is 0.579. The highest BCUT2D eigenvalue weighted by Gasteiger charge is 2.35. The van der Waals surface area contributed by atoms with Crippen molar-refractivity contribution in [3.05, 3.63) is 28.8 Å². The first-order valence-corrected chi connectivity index (χ1v) is 9.70. The maximum atomic E-state index is 13.1. The Morgan fingerprint density at radius 3 is 3.04 bits per heavy atom. The summed E-state index contributed by atoms with van der Waals surface area (Å²) in [5.41, 5.74) is 0.993. The Bertz CT molecular complexity index is 711. The molecule has 0 radical (unpaired) electrons. The van der Waals surface area contributed by atoms with Gasteiger partial charge in [0.15, 0.2) is 0 Å². The normalized spacial score (nSPS) is 26.3. The highest BCUT2D eigenvalue weighted by Crippen LogP contribution is 2.31. The minimum absolute atomic E-state index is 0.128. The molecule has 3 aliphatic heterocycles. The highest BCUT2D eigenvalue weighted by molar-refractivity contribution is 6.30. The van der Waals surface area contributed by atoms with E-state index in [0.29, 0.717) is 31.1 Å². The molecule has 0 aromatic heterocycles. The first kappa shape index (κ1) is 17.6. The van der Waals surface area contributed by atoms with Crippen molar-refractivity contribution in [2.24, 2.45) is 5.92 Å². The number of fused-ring (bicyclic) bond motifs is 1. The molecule has 0 aliphatic carbocycles. The number of hydrogen-bond acceptors (Lipinski definition) is 4. The summed E-state index contributed by atoms with van der Waals surface area (Å²) >= 11 is 6.08. The molecule has 3 aliphatic rings. The van der Waals surface area contributed by atoms with Crippen molar-refractivity contribution in [1.29, 1.82) is 0 Å². The predicted molar refractivity (Wildman–Crippen MR) is 98.3 cm³/mol. The van der Waals surface area contributed by atoms with Gasteiger partial charge >= 0.3 is 0 Å². The molecule has 7 heteroatoms. The van der Waals surface area contributed by atoms with Gasteiger partial charge in [0.05, 0.1) is 12.5 Å². The molecule has 0 spiro atoms. The van der Waals surface area contributed by atoms with Crippen molar-refractivity contribution in [2.75, 3.05) is 39.3 Å². The summed E-state index contributed by atoms with van der Waals surface area (Å²) in [6.45, 7) is 3.74. The van der Waals surface area contributed by atoms with Gasteiger partial charge in [-0.25, -0.2) is 0 Å². The standard InChI is InChI=1S/C19H24ClN3O3/c20-15-3-4-17-13(9-15)8-14(12-26-17)19(25)22-6-1-2-16(11-22)23-7-5-21-10-18(23)24/h3-4,9,14,16,21H,1-2,5-8,10-12H2. The van der Waals surface area contributed by atoms with Crippen molar-refractivity contribution in [3.8, 4) is 5.75 Å². The fourth-order valence-corrected chi connectivity index (χ4v) is 4.39. The second-order valence-corrected chi connectivity index (χ2v) is 7.74. The number of benzene rings is 1. The van der Waals surface area contributed by atoms with Gasteiger partial charge in [0.25, 0.3) is 0 Å². The minimum Gasteiger partial charge on any atom is -0.492 e. The molecule has 0 bridgehead atoms. The van der Waals surface area contributed by atoms with E-state index in [1.807, 2.05) is 28.0 Å². The predicted octanol–water partition coefficient (Wildman–Crippen LogP) is 1.31. The van der Waals surface area contributed by atoms with Gasteiger partial charge < -0.3 is 19.9 Å². The number of nitrogens with zero attached hydrogens (tertiary/aromatic N) is 2. The van der Waals surface area contributed by atoms with Crippen molar-refractivity contribution < 1.29 is 14.3 Å². The summed E-state index contributed by atoms with van der Waals surface area (Å²) in [6, 6.07) is 5.69. The number of ether oxygens (including phenoxy) is 1. The first-order valence-electron chi connectivity index (χ1n) is 9.32. The summed E-state index contributed by atoms with van der Waals surface area (Å²) in [5.74, 6) is 0.905. The quantitative estimate of drug-likeness (QED) is 0.844. The van der Waals surface area contributed by atoms with Crippen LogP contribution in [0.4, 0.5) is 0 Å². The van der Waals surface area contributed by atoms with Gasteiger partial charge in [-0.3, -0.25) is 9.59 Å². The van der Waals surface area contributed by atoms with Crippen LogP contribution in [0.3, 0.4) is 0 Å². The van der Waals surface area contributed by atoms with E-state index in [-0.39, 0.29) is 23.8 Å². The number of hydrogen-bond donors (Lipinski definition) is 1. The van der Waals surface area contributed by atoms with Crippen molar-refractivity contribution >= 4 is 23.4 Å². The van der Waals surface area contributed by atoms with E-state index in [9.17, 15) is 9.59 Å². The zero-order valence-corrected chi connectivity index (χ0v) is 15.5. The number of rotatable bonds is 2. The molecule has 2 saturated heterocycles. The van der Waals surface area contributed by atoms with Crippen molar-refractivity contribution in [1.82, 2.24) is 15.1 Å². The monoisotopic (exact) mass is 377 g/mol. The molecule has 1 aromatic carbocycles. The number of piperazine rings is 1.